The SMILES string of the molecule is CN1C(=O)N=C(Cc2c[nH]c3c(Cl)cccc23)C1=O. The summed E-state index contributed by atoms with van der Waals surface area (Å²) in [4.78, 5) is 31.0. The minimum absolute atomic E-state index is 0.258. The standard InChI is InChI=1S/C13H10ClN3O2/c1-17-12(18)10(16-13(17)19)5-7-6-15-11-8(7)3-2-4-9(11)14/h2-4,6,15H,5H2,1H3. The van der Waals surface area contributed by atoms with Gasteiger partial charge in [-0.1, -0.05) is 23.7 Å². The minimum atomic E-state index is -0.516. The van der Waals surface area contributed by atoms with Gasteiger partial charge in [-0.3, -0.25) is 9.69 Å². The number of para-hydroxylation sites is 1. The number of benzene rings is 1. The highest BCUT2D eigenvalue weighted by Crippen LogP contribution is 2.26. The molecule has 2 heterocycles. The van der Waals surface area contributed by atoms with E-state index >= 15 is 0 Å². The lowest BCUT2D eigenvalue weighted by atomic mass is 10.1. The number of hydrogen-bond donors (Lipinski definition) is 1. The Morgan fingerprint density at radius 3 is 2.84 bits per heavy atom. The highest BCUT2D eigenvalue weighted by atomic mass is 35.5. The van der Waals surface area contributed by atoms with Crippen LogP contribution in [0.15, 0.2) is 29.4 Å². The summed E-state index contributed by atoms with van der Waals surface area (Å²) in [5.41, 5.74) is 1.98. The number of rotatable bonds is 2. The Morgan fingerprint density at radius 2 is 2.16 bits per heavy atom. The maximum absolute atomic E-state index is 11.8. The number of nitrogens with one attached hydrogen (secondary N) is 1. The van der Waals surface area contributed by atoms with Crippen molar-refractivity contribution in [2.75, 3.05) is 7.05 Å². The normalized spacial score (nSPS) is 15.5. The van der Waals surface area contributed by atoms with Crippen molar-refractivity contribution in [2.45, 2.75) is 6.42 Å². The molecule has 0 radical (unpaired) electrons. The first-order valence-corrected chi connectivity index (χ1v) is 6.10. The molecule has 5 nitrogen and oxygen atoms in total. The monoisotopic (exact) mass is 275 g/mol. The predicted octanol–water partition coefficient (Wildman–Crippen LogP) is 2.40. The van der Waals surface area contributed by atoms with Gasteiger partial charge in [-0.25, -0.2) is 4.79 Å². The summed E-state index contributed by atoms with van der Waals surface area (Å²) in [5.74, 6) is -0.346. The van der Waals surface area contributed by atoms with E-state index in [0.717, 1.165) is 21.4 Å². The Balaban J connectivity index is 1.99. The number of H-pyrrole nitrogens is 1. The third-order valence-corrected chi connectivity index (χ3v) is 3.49. The number of aromatic amines is 1. The van der Waals surface area contributed by atoms with Crippen LogP contribution in [0.2, 0.25) is 5.02 Å². The molecule has 1 aliphatic heterocycles. The molecule has 0 unspecified atom stereocenters. The molecular weight excluding hydrogens is 266 g/mol. The van der Waals surface area contributed by atoms with Gasteiger partial charge < -0.3 is 4.98 Å². The number of carbonyl (C=O) groups is 2. The van der Waals surface area contributed by atoms with Crippen LogP contribution in [0.3, 0.4) is 0 Å². The van der Waals surface area contributed by atoms with Crippen LogP contribution in [0.1, 0.15) is 5.56 Å². The number of aromatic nitrogens is 1. The molecular formula is C13H10ClN3O2. The Hall–Kier alpha value is -2.14. The largest absolute Gasteiger partial charge is 0.360 e. The highest BCUT2D eigenvalue weighted by Gasteiger charge is 2.30. The maximum Gasteiger partial charge on any atom is 0.350 e. The van der Waals surface area contributed by atoms with Crippen molar-refractivity contribution < 1.29 is 9.59 Å². The van der Waals surface area contributed by atoms with Gasteiger partial charge in [0.25, 0.3) is 5.91 Å². The molecule has 1 aromatic carbocycles. The molecule has 0 saturated carbocycles. The van der Waals surface area contributed by atoms with Gasteiger partial charge in [-0.15, -0.1) is 0 Å². The molecule has 0 aliphatic carbocycles. The van der Waals surface area contributed by atoms with E-state index in [1.807, 2.05) is 12.1 Å². The van der Waals surface area contributed by atoms with Gasteiger partial charge in [-0.2, -0.15) is 4.99 Å². The average molecular weight is 276 g/mol. The maximum atomic E-state index is 11.8. The summed E-state index contributed by atoms with van der Waals surface area (Å²) in [7, 11) is 1.42. The Kier molecular flexibility index (Phi) is 2.64. The molecule has 1 aliphatic rings. The summed E-state index contributed by atoms with van der Waals surface area (Å²) in [6.45, 7) is 0. The van der Waals surface area contributed by atoms with Crippen LogP contribution in [-0.4, -0.2) is 34.6 Å². The van der Waals surface area contributed by atoms with E-state index in [0.29, 0.717) is 11.4 Å². The fourth-order valence-corrected chi connectivity index (χ4v) is 2.37. The van der Waals surface area contributed by atoms with E-state index in [-0.39, 0.29) is 11.6 Å². The van der Waals surface area contributed by atoms with Gasteiger partial charge in [0.05, 0.1) is 10.5 Å². The summed E-state index contributed by atoms with van der Waals surface area (Å²) in [6, 6.07) is 5.04. The van der Waals surface area contributed by atoms with Crippen molar-refractivity contribution in [3.8, 4) is 0 Å². The Labute approximate surface area is 113 Å². The van der Waals surface area contributed by atoms with Crippen molar-refractivity contribution in [2.24, 2.45) is 4.99 Å². The molecule has 6 heteroatoms. The number of carbonyl (C=O) groups excluding carboxylic acids is 2. The first-order valence-electron chi connectivity index (χ1n) is 5.72. The van der Waals surface area contributed by atoms with Crippen molar-refractivity contribution in [1.29, 1.82) is 0 Å². The number of halogens is 1. The second-order valence-electron chi connectivity index (χ2n) is 4.36. The topological polar surface area (TPSA) is 65.5 Å². The summed E-state index contributed by atoms with van der Waals surface area (Å²) in [5, 5.41) is 1.56. The van der Waals surface area contributed by atoms with E-state index in [4.69, 9.17) is 11.6 Å². The molecule has 3 rings (SSSR count). The zero-order valence-electron chi connectivity index (χ0n) is 10.1. The molecule has 0 fully saturated rings. The number of amides is 3. The molecule has 0 bridgehead atoms. The highest BCUT2D eigenvalue weighted by molar-refractivity contribution is 6.46. The van der Waals surface area contributed by atoms with Crippen molar-refractivity contribution >= 4 is 40.2 Å². The first kappa shape index (κ1) is 11.9. The van der Waals surface area contributed by atoms with Gasteiger partial charge in [0.1, 0.15) is 5.71 Å². The summed E-state index contributed by atoms with van der Waals surface area (Å²) >= 11 is 6.07. The number of nitrogens with zero attached hydrogens (tertiary/aromatic N) is 2. The van der Waals surface area contributed by atoms with E-state index in [1.54, 1.807) is 12.3 Å². The second-order valence-corrected chi connectivity index (χ2v) is 4.77. The fourth-order valence-electron chi connectivity index (χ4n) is 2.14. The van der Waals surface area contributed by atoms with Gasteiger partial charge >= 0.3 is 6.03 Å². The van der Waals surface area contributed by atoms with E-state index < -0.39 is 6.03 Å². The number of imide groups is 1. The molecule has 1 aromatic heterocycles. The van der Waals surface area contributed by atoms with Crippen LogP contribution in [-0.2, 0) is 11.2 Å². The average Bonchev–Trinajstić information content (AvgIpc) is 2.90. The number of hydrogen-bond acceptors (Lipinski definition) is 2. The lowest BCUT2D eigenvalue weighted by molar-refractivity contribution is -0.119. The van der Waals surface area contributed by atoms with Crippen molar-refractivity contribution in [3.05, 3.63) is 35.0 Å². The lowest BCUT2D eigenvalue weighted by Gasteiger charge is -2.03. The number of urea groups is 1. The Morgan fingerprint density at radius 1 is 1.37 bits per heavy atom. The third kappa shape index (κ3) is 1.82. The van der Waals surface area contributed by atoms with Gasteiger partial charge in [0, 0.05) is 25.1 Å². The molecule has 0 spiro atoms. The molecule has 0 atom stereocenters. The first-order chi connectivity index (χ1) is 9.08. The quantitative estimate of drug-likeness (QED) is 0.914. The zero-order valence-corrected chi connectivity index (χ0v) is 10.9. The molecule has 1 N–H and O–H groups in total. The second kappa shape index (κ2) is 4.20. The Bertz CT molecular complexity index is 733. The minimum Gasteiger partial charge on any atom is -0.360 e. The van der Waals surface area contributed by atoms with E-state index in [1.165, 1.54) is 7.05 Å². The molecule has 2 aromatic rings. The molecule has 0 saturated heterocycles. The zero-order chi connectivity index (χ0) is 13.6. The lowest BCUT2D eigenvalue weighted by Crippen LogP contribution is -2.29. The van der Waals surface area contributed by atoms with Crippen LogP contribution >= 0.6 is 11.6 Å². The van der Waals surface area contributed by atoms with Crippen molar-refractivity contribution in [1.82, 2.24) is 9.88 Å². The van der Waals surface area contributed by atoms with Crippen LogP contribution in [0, 0.1) is 0 Å². The van der Waals surface area contributed by atoms with Crippen LogP contribution in [0.5, 0.6) is 0 Å². The third-order valence-electron chi connectivity index (χ3n) is 3.18. The van der Waals surface area contributed by atoms with E-state index in [9.17, 15) is 9.59 Å². The van der Waals surface area contributed by atoms with Gasteiger partial charge in [0.15, 0.2) is 0 Å². The number of fused-ring (bicyclic) bond motifs is 1. The van der Waals surface area contributed by atoms with E-state index in [2.05, 4.69) is 9.98 Å². The number of aliphatic imine (C=N–C) groups is 1. The molecule has 96 valence electrons. The summed E-state index contributed by atoms with van der Waals surface area (Å²) in [6.07, 6.45) is 2.10. The van der Waals surface area contributed by atoms with Gasteiger partial charge in [-0.05, 0) is 11.6 Å². The van der Waals surface area contributed by atoms with Crippen LogP contribution < -0.4 is 0 Å². The van der Waals surface area contributed by atoms with Crippen LogP contribution in [0.25, 0.3) is 10.9 Å². The van der Waals surface area contributed by atoms with Gasteiger partial charge in [0.2, 0.25) is 0 Å². The fraction of sp³-hybridized carbons (Fsp3) is 0.154. The van der Waals surface area contributed by atoms with Crippen LogP contribution in [0.4, 0.5) is 4.79 Å². The molecule has 19 heavy (non-hydrogen) atoms. The smallest absolute Gasteiger partial charge is 0.350 e. The summed E-state index contributed by atoms with van der Waals surface area (Å²) < 4.78 is 0. The molecule has 3 amide bonds. The predicted molar refractivity (Wildman–Crippen MR) is 72.6 cm³/mol. The van der Waals surface area contributed by atoms with Crippen molar-refractivity contribution in [3.63, 3.8) is 0 Å².